The number of aryl methyl sites for hydroxylation is 1. The highest BCUT2D eigenvalue weighted by Gasteiger charge is 2.26. The van der Waals surface area contributed by atoms with Crippen molar-refractivity contribution in [3.05, 3.63) is 65.9 Å². The second-order valence-corrected chi connectivity index (χ2v) is 6.66. The lowest BCUT2D eigenvalue weighted by atomic mass is 10.1. The second kappa shape index (κ2) is 6.46. The number of ether oxygens (including phenoxy) is 2. The summed E-state index contributed by atoms with van der Waals surface area (Å²) in [6.07, 6.45) is 9.43. The maximum Gasteiger partial charge on any atom is 0.161 e. The third-order valence-electron chi connectivity index (χ3n) is 5.01. The van der Waals surface area contributed by atoms with E-state index >= 15 is 0 Å². The number of rotatable bonds is 4. The fourth-order valence-electron chi connectivity index (χ4n) is 3.70. The molecule has 0 fully saturated rings. The minimum atomic E-state index is 0.339. The van der Waals surface area contributed by atoms with Gasteiger partial charge in [-0.05, 0) is 53.8 Å². The molecule has 3 aromatic rings. The van der Waals surface area contributed by atoms with Gasteiger partial charge in [-0.2, -0.15) is 0 Å². The van der Waals surface area contributed by atoms with Crippen molar-refractivity contribution in [1.82, 2.24) is 19.9 Å². The molecule has 2 aliphatic rings. The van der Waals surface area contributed by atoms with E-state index < -0.39 is 0 Å². The lowest BCUT2D eigenvalue weighted by Crippen LogP contribution is -2.20. The Hall–Kier alpha value is -2.86. The zero-order valence-electron chi connectivity index (χ0n) is 14.4. The van der Waals surface area contributed by atoms with E-state index in [4.69, 9.17) is 9.47 Å². The van der Waals surface area contributed by atoms with E-state index in [-0.39, 0.29) is 0 Å². The van der Waals surface area contributed by atoms with Gasteiger partial charge in [0.15, 0.2) is 11.5 Å². The Morgan fingerprint density at radius 2 is 2.00 bits per heavy atom. The molecule has 1 aromatic carbocycles. The number of hydrogen-bond acceptors (Lipinski definition) is 5. The first-order valence-corrected chi connectivity index (χ1v) is 8.96. The number of nitrogens with zero attached hydrogens (tertiary/aromatic N) is 3. The van der Waals surface area contributed by atoms with Gasteiger partial charge in [0.25, 0.3) is 0 Å². The van der Waals surface area contributed by atoms with E-state index in [1.54, 1.807) is 12.5 Å². The number of imidazole rings is 1. The summed E-state index contributed by atoms with van der Waals surface area (Å²) >= 11 is 0. The Labute approximate surface area is 151 Å². The molecule has 5 rings (SSSR count). The van der Waals surface area contributed by atoms with Gasteiger partial charge in [-0.1, -0.05) is 0 Å². The van der Waals surface area contributed by atoms with Crippen molar-refractivity contribution < 1.29 is 9.47 Å². The molecule has 6 heteroatoms. The van der Waals surface area contributed by atoms with E-state index in [1.165, 1.54) is 16.7 Å². The van der Waals surface area contributed by atoms with E-state index in [0.717, 1.165) is 36.7 Å². The zero-order chi connectivity index (χ0) is 17.3. The second-order valence-electron chi connectivity index (χ2n) is 6.66. The van der Waals surface area contributed by atoms with Crippen LogP contribution in [0.5, 0.6) is 11.5 Å². The van der Waals surface area contributed by atoms with E-state index in [0.29, 0.717) is 19.3 Å². The molecule has 1 aliphatic carbocycles. The van der Waals surface area contributed by atoms with Gasteiger partial charge in [0.1, 0.15) is 25.4 Å². The van der Waals surface area contributed by atoms with Crippen molar-refractivity contribution in [2.24, 2.45) is 0 Å². The highest BCUT2D eigenvalue weighted by molar-refractivity contribution is 5.51. The maximum atomic E-state index is 5.75. The topological polar surface area (TPSA) is 61.2 Å². The summed E-state index contributed by atoms with van der Waals surface area (Å²) in [6, 6.07) is 8.78. The molecule has 0 radical (unpaired) electrons. The molecule has 1 atom stereocenters. The number of benzene rings is 1. The standard InChI is InChI=1S/C20H20N4O2/c1-2-17(16-11-19-18(10-15(1)16)25-7-8-26-19)23-12-14-3-4-22-20(9-14)24-6-5-21-13-24/h3-6,9-11,13,17,23H,1-2,7-8,12H2. The summed E-state index contributed by atoms with van der Waals surface area (Å²) < 4.78 is 13.4. The Morgan fingerprint density at radius 3 is 2.85 bits per heavy atom. The molecule has 6 nitrogen and oxygen atoms in total. The molecule has 0 saturated carbocycles. The highest BCUT2D eigenvalue weighted by atomic mass is 16.6. The molecule has 0 amide bonds. The van der Waals surface area contributed by atoms with Gasteiger partial charge < -0.3 is 14.8 Å². The number of nitrogens with one attached hydrogen (secondary N) is 1. The Morgan fingerprint density at radius 1 is 1.12 bits per heavy atom. The van der Waals surface area contributed by atoms with Crippen LogP contribution in [0.4, 0.5) is 0 Å². The van der Waals surface area contributed by atoms with Gasteiger partial charge in [-0.3, -0.25) is 4.57 Å². The van der Waals surface area contributed by atoms with Crippen LogP contribution in [0.3, 0.4) is 0 Å². The number of fused-ring (bicyclic) bond motifs is 2. The summed E-state index contributed by atoms with van der Waals surface area (Å²) in [6.45, 7) is 2.05. The van der Waals surface area contributed by atoms with Crippen LogP contribution in [0.25, 0.3) is 5.82 Å². The van der Waals surface area contributed by atoms with Crippen molar-refractivity contribution in [2.75, 3.05) is 13.2 Å². The van der Waals surface area contributed by atoms with Crippen LogP contribution in [-0.2, 0) is 13.0 Å². The molecule has 0 saturated heterocycles. The average Bonchev–Trinajstić information content (AvgIpc) is 3.35. The van der Waals surface area contributed by atoms with Crippen molar-refractivity contribution in [1.29, 1.82) is 0 Å². The van der Waals surface area contributed by atoms with Crippen LogP contribution in [0.1, 0.15) is 29.2 Å². The molecular weight excluding hydrogens is 328 g/mol. The van der Waals surface area contributed by atoms with Gasteiger partial charge in [0, 0.05) is 31.2 Å². The van der Waals surface area contributed by atoms with Crippen LogP contribution < -0.4 is 14.8 Å². The van der Waals surface area contributed by atoms with Crippen molar-refractivity contribution in [2.45, 2.75) is 25.4 Å². The summed E-state index contributed by atoms with van der Waals surface area (Å²) in [5, 5.41) is 3.68. The quantitative estimate of drug-likeness (QED) is 0.786. The Bertz CT molecular complexity index is 924. The van der Waals surface area contributed by atoms with Crippen LogP contribution in [-0.4, -0.2) is 27.7 Å². The summed E-state index contributed by atoms with van der Waals surface area (Å²) in [7, 11) is 0. The number of aromatic nitrogens is 3. The monoisotopic (exact) mass is 348 g/mol. The van der Waals surface area contributed by atoms with Crippen LogP contribution >= 0.6 is 0 Å². The first-order chi connectivity index (χ1) is 12.9. The van der Waals surface area contributed by atoms with Crippen molar-refractivity contribution in [3.8, 4) is 17.3 Å². The predicted octanol–water partition coefficient (Wildman–Crippen LogP) is 2.82. The van der Waals surface area contributed by atoms with E-state index in [9.17, 15) is 0 Å². The van der Waals surface area contributed by atoms with Crippen LogP contribution in [0.15, 0.2) is 49.2 Å². The van der Waals surface area contributed by atoms with E-state index in [2.05, 4.69) is 33.5 Å². The highest BCUT2D eigenvalue weighted by Crippen LogP contribution is 2.40. The smallest absolute Gasteiger partial charge is 0.161 e. The third kappa shape index (κ3) is 2.82. The van der Waals surface area contributed by atoms with Crippen LogP contribution in [0, 0.1) is 0 Å². The fourth-order valence-corrected chi connectivity index (χ4v) is 3.70. The lowest BCUT2D eigenvalue weighted by molar-refractivity contribution is 0.171. The zero-order valence-corrected chi connectivity index (χ0v) is 14.4. The molecule has 0 spiro atoms. The molecule has 1 unspecified atom stereocenters. The number of pyridine rings is 1. The Kier molecular flexibility index (Phi) is 3.83. The first kappa shape index (κ1) is 15.4. The molecular formula is C20H20N4O2. The van der Waals surface area contributed by atoms with Gasteiger partial charge in [-0.25, -0.2) is 9.97 Å². The maximum absolute atomic E-state index is 5.75. The van der Waals surface area contributed by atoms with Gasteiger partial charge in [0.2, 0.25) is 0 Å². The van der Waals surface area contributed by atoms with Gasteiger partial charge in [-0.15, -0.1) is 0 Å². The normalized spacial score (nSPS) is 17.9. The molecule has 2 aromatic heterocycles. The minimum absolute atomic E-state index is 0.339. The fraction of sp³-hybridized carbons (Fsp3) is 0.300. The molecule has 3 heterocycles. The summed E-state index contributed by atoms with van der Waals surface area (Å²) in [5.41, 5.74) is 3.90. The molecule has 26 heavy (non-hydrogen) atoms. The summed E-state index contributed by atoms with van der Waals surface area (Å²) in [4.78, 5) is 8.49. The lowest BCUT2D eigenvalue weighted by Gasteiger charge is -2.21. The first-order valence-electron chi connectivity index (χ1n) is 8.96. The SMILES string of the molecule is c1cn(-c2cc(CNC3CCc4cc5c(cc43)OCCO5)ccn2)cn1. The minimum Gasteiger partial charge on any atom is -0.486 e. The molecule has 1 N–H and O–H groups in total. The third-order valence-corrected chi connectivity index (χ3v) is 5.01. The summed E-state index contributed by atoms with van der Waals surface area (Å²) in [5.74, 6) is 2.64. The average molecular weight is 348 g/mol. The number of hydrogen-bond donors (Lipinski definition) is 1. The molecule has 132 valence electrons. The van der Waals surface area contributed by atoms with Gasteiger partial charge >= 0.3 is 0 Å². The van der Waals surface area contributed by atoms with Crippen LogP contribution in [0.2, 0.25) is 0 Å². The Balaban J connectivity index is 1.32. The van der Waals surface area contributed by atoms with Crippen molar-refractivity contribution >= 4 is 0 Å². The largest absolute Gasteiger partial charge is 0.486 e. The molecule has 1 aliphatic heterocycles. The van der Waals surface area contributed by atoms with E-state index in [1.807, 2.05) is 23.0 Å². The van der Waals surface area contributed by atoms with Crippen molar-refractivity contribution in [3.63, 3.8) is 0 Å². The molecule has 0 bridgehead atoms. The predicted molar refractivity (Wildman–Crippen MR) is 96.7 cm³/mol. The van der Waals surface area contributed by atoms with Gasteiger partial charge in [0.05, 0.1) is 0 Å².